The molecule has 19 nitrogen and oxygen atoms in total. The quantitative estimate of drug-likeness (QED) is 0.0263. The van der Waals surface area contributed by atoms with E-state index in [-0.39, 0.29) is 50.4 Å². The van der Waals surface area contributed by atoms with Crippen LogP contribution in [0.15, 0.2) is 134 Å². The number of hydrogen-bond acceptors (Lipinski definition) is 11. The van der Waals surface area contributed by atoms with Gasteiger partial charge in [-0.2, -0.15) is 0 Å². The van der Waals surface area contributed by atoms with Crippen LogP contribution in [-0.2, 0) is 52.7 Å². The molecule has 448 valence electrons. The number of rotatable bonds is 24. The second kappa shape index (κ2) is 29.5. The molecule has 19 heteroatoms. The molecule has 9 N–H and O–H groups in total. The first kappa shape index (κ1) is 64.5. The highest BCUT2D eigenvalue weighted by Gasteiger charge is 2.34. The minimum absolute atomic E-state index is 0.0628. The van der Waals surface area contributed by atoms with Gasteiger partial charge in [-0.3, -0.25) is 19.3 Å². The fourth-order valence-corrected chi connectivity index (χ4v) is 9.74. The maximum absolute atomic E-state index is 14.1. The molecule has 5 aromatic carbocycles. The number of fused-ring (bicyclic) bond motifs is 4. The number of aromatic amines is 1. The van der Waals surface area contributed by atoms with Crippen molar-refractivity contribution in [1.82, 2.24) is 31.2 Å². The average molecular weight is 1150 g/mol. The van der Waals surface area contributed by atoms with Gasteiger partial charge in [-0.05, 0) is 130 Å². The Balaban J connectivity index is 0.000000315. The second-order valence-corrected chi connectivity index (χ2v) is 23.3. The Morgan fingerprint density at radius 1 is 0.643 bits per heavy atom. The smallest absolute Gasteiger partial charge is 0.410 e. The molecule has 0 radical (unpaired) electrons. The zero-order valence-electron chi connectivity index (χ0n) is 49.4. The molecule has 1 heterocycles. The molecule has 1 aliphatic rings. The van der Waals surface area contributed by atoms with E-state index in [4.69, 9.17) is 19.9 Å². The maximum atomic E-state index is 14.1. The van der Waals surface area contributed by atoms with Crippen molar-refractivity contribution in [2.75, 3.05) is 20.2 Å². The number of alkyl carbamates (subject to hydrolysis) is 1. The number of ether oxygens (including phenoxy) is 3. The largest absolute Gasteiger partial charge is 0.488 e. The van der Waals surface area contributed by atoms with Crippen molar-refractivity contribution >= 4 is 52.7 Å². The number of unbranched alkanes of at least 4 members (excludes halogenated alkanes) is 1. The van der Waals surface area contributed by atoms with E-state index in [0.717, 1.165) is 49.8 Å². The fourth-order valence-electron chi connectivity index (χ4n) is 9.74. The van der Waals surface area contributed by atoms with E-state index in [1.54, 1.807) is 40.8 Å². The molecule has 0 unspecified atom stereocenters. The lowest BCUT2D eigenvalue weighted by Gasteiger charge is -2.26. The topological polar surface area (TPSA) is 281 Å². The Morgan fingerprint density at radius 2 is 1.21 bits per heavy atom. The zero-order chi connectivity index (χ0) is 61.3. The summed E-state index contributed by atoms with van der Waals surface area (Å²) in [6.45, 7) is 14.9. The SMILES string of the molecule is CC(C)[C@H](NC(=O)[C@H](CCCCNC(=O)OC(C)(C)C)NC(=O)[C@@H](Cc1c[nH]c2ccccc12)NC(=O)[C@@H](N)Cc1ccc(OC(C)(C)C)cc1)C(=O)O.CN(C(=O)OCC1c2ccccc2-c2ccccc21)[C@@H](Cc1ccccc1)C(=O)O. The fraction of sp³-hybridized carbons (Fsp3) is 0.400. The second-order valence-electron chi connectivity index (χ2n) is 23.3. The Kier molecular flexibility index (Phi) is 22.6. The normalized spacial score (nSPS) is 13.8. The summed E-state index contributed by atoms with van der Waals surface area (Å²) in [5, 5.41) is 31.1. The number of benzene rings is 5. The Labute approximate surface area is 491 Å². The monoisotopic (exact) mass is 1150 g/mol. The van der Waals surface area contributed by atoms with Crippen LogP contribution in [0.5, 0.6) is 5.75 Å². The van der Waals surface area contributed by atoms with Crippen molar-refractivity contribution in [3.8, 4) is 16.9 Å². The van der Waals surface area contributed by atoms with Gasteiger partial charge < -0.3 is 56.4 Å². The molecule has 5 amide bonds. The van der Waals surface area contributed by atoms with Crippen molar-refractivity contribution in [3.05, 3.63) is 161 Å². The molecule has 6 aromatic rings. The van der Waals surface area contributed by atoms with Crippen molar-refractivity contribution in [3.63, 3.8) is 0 Å². The number of hydrogen-bond donors (Lipinski definition) is 8. The van der Waals surface area contributed by atoms with Gasteiger partial charge in [0.25, 0.3) is 0 Å². The van der Waals surface area contributed by atoms with Gasteiger partial charge in [0, 0.05) is 49.5 Å². The average Bonchev–Trinajstić information content (AvgIpc) is 3.62. The lowest BCUT2D eigenvalue weighted by atomic mass is 9.98. The molecule has 0 spiro atoms. The van der Waals surface area contributed by atoms with Crippen molar-refractivity contribution in [1.29, 1.82) is 0 Å². The maximum Gasteiger partial charge on any atom is 0.410 e. The van der Waals surface area contributed by atoms with Crippen LogP contribution >= 0.6 is 0 Å². The van der Waals surface area contributed by atoms with E-state index in [0.29, 0.717) is 18.6 Å². The van der Waals surface area contributed by atoms with Crippen LogP contribution in [0.1, 0.15) is 108 Å². The number of nitrogens with one attached hydrogen (secondary N) is 5. The van der Waals surface area contributed by atoms with Gasteiger partial charge in [-0.1, -0.05) is 123 Å². The third kappa shape index (κ3) is 18.9. The van der Waals surface area contributed by atoms with E-state index in [1.807, 2.05) is 136 Å². The van der Waals surface area contributed by atoms with Gasteiger partial charge in [0.15, 0.2) is 0 Å². The van der Waals surface area contributed by atoms with E-state index in [1.165, 1.54) is 11.9 Å². The van der Waals surface area contributed by atoms with Crippen LogP contribution in [0.25, 0.3) is 22.0 Å². The van der Waals surface area contributed by atoms with Crippen LogP contribution in [0.4, 0.5) is 9.59 Å². The molecule has 0 saturated carbocycles. The highest BCUT2D eigenvalue weighted by molar-refractivity contribution is 5.95. The molecule has 0 bridgehead atoms. The summed E-state index contributed by atoms with van der Waals surface area (Å²) in [5.41, 5.74) is 13.1. The number of aliphatic carboxylic acids is 2. The minimum atomic E-state index is -1.21. The van der Waals surface area contributed by atoms with Crippen molar-refractivity contribution < 1.29 is 58.0 Å². The van der Waals surface area contributed by atoms with Gasteiger partial charge >= 0.3 is 24.1 Å². The summed E-state index contributed by atoms with van der Waals surface area (Å²) in [7, 11) is 1.47. The van der Waals surface area contributed by atoms with Crippen molar-refractivity contribution in [2.45, 2.75) is 141 Å². The van der Waals surface area contributed by atoms with Gasteiger partial charge in [0.1, 0.15) is 47.7 Å². The zero-order valence-corrected chi connectivity index (χ0v) is 49.4. The standard InChI is InChI=1S/C40H58N6O8.C25H23NO4/c1-24(2)33(37(50)51)46-35(48)31(15-11-12-20-42-38(52)54-40(6,7)8)44-36(49)32(22-26-23-43-30-14-10-9-13-28(26)30)45-34(47)29(41)21-25-16-18-27(19-17-25)53-39(3,4)5;1-26(23(24(27)28)15-17-9-3-2-4-10-17)25(29)30-16-22-20-13-7-5-11-18(20)19-12-6-8-14-21(19)22/h9-10,13-14,16-19,23-24,29,31-33,43H,11-12,15,20-22,41H2,1-8H3,(H,42,52)(H,44,49)(H,45,47)(H,46,48)(H,50,51);2-14,22-23H,15-16H2,1H3,(H,27,28)/t29-,31-,32+,33-;23-/m00/s1. The number of carbonyl (C=O) groups is 7. The molecule has 0 fully saturated rings. The Hall–Kier alpha value is -8.71. The molecular weight excluding hydrogens is 1070 g/mol. The molecule has 84 heavy (non-hydrogen) atoms. The Morgan fingerprint density at radius 3 is 1.81 bits per heavy atom. The van der Waals surface area contributed by atoms with Crippen molar-refractivity contribution in [2.24, 2.45) is 11.7 Å². The van der Waals surface area contributed by atoms with Crippen LogP contribution in [0.2, 0.25) is 0 Å². The number of nitrogens with two attached hydrogens (primary N) is 1. The molecule has 7 rings (SSSR count). The van der Waals surface area contributed by atoms with E-state index < -0.39 is 83.6 Å². The highest BCUT2D eigenvalue weighted by Crippen LogP contribution is 2.44. The number of likely N-dealkylation sites (N-methyl/N-ethyl adjacent to an activating group) is 1. The third-order valence-electron chi connectivity index (χ3n) is 14.0. The van der Waals surface area contributed by atoms with Crippen LogP contribution < -0.4 is 31.7 Å². The predicted octanol–water partition coefficient (Wildman–Crippen LogP) is 8.91. The third-order valence-corrected chi connectivity index (χ3v) is 14.0. The number of para-hydroxylation sites is 1. The number of carboxylic acids is 2. The number of H-pyrrole nitrogens is 1. The Bertz CT molecular complexity index is 3160. The summed E-state index contributed by atoms with van der Waals surface area (Å²) in [4.78, 5) is 94.1. The first-order chi connectivity index (χ1) is 39.8. The molecule has 0 saturated heterocycles. The molecular formula is C65H81N7O12. The van der Waals surface area contributed by atoms with E-state index >= 15 is 0 Å². The first-order valence-electron chi connectivity index (χ1n) is 28.3. The summed E-state index contributed by atoms with van der Waals surface area (Å²) in [6.07, 6.45) is 1.99. The van der Waals surface area contributed by atoms with Gasteiger partial charge in [0.05, 0.1) is 6.04 Å². The summed E-state index contributed by atoms with van der Waals surface area (Å²) in [5.74, 6) is -3.98. The first-order valence-corrected chi connectivity index (χ1v) is 28.3. The predicted molar refractivity (Wildman–Crippen MR) is 321 cm³/mol. The lowest BCUT2D eigenvalue weighted by molar-refractivity contribution is -0.143. The van der Waals surface area contributed by atoms with E-state index in [9.17, 15) is 43.8 Å². The molecule has 5 atom stereocenters. The van der Waals surface area contributed by atoms with Gasteiger partial charge in [-0.15, -0.1) is 0 Å². The summed E-state index contributed by atoms with van der Waals surface area (Å²) in [6, 6.07) is 34.8. The summed E-state index contributed by atoms with van der Waals surface area (Å²) >= 11 is 0. The number of carboxylic acid groups (broad SMARTS) is 2. The number of aromatic nitrogens is 1. The van der Waals surface area contributed by atoms with Gasteiger partial charge in [-0.25, -0.2) is 19.2 Å². The number of nitrogens with zero attached hydrogens (tertiary/aromatic N) is 1. The lowest BCUT2D eigenvalue weighted by Crippen LogP contribution is -2.58. The molecule has 0 aliphatic heterocycles. The highest BCUT2D eigenvalue weighted by atomic mass is 16.6. The van der Waals surface area contributed by atoms with Crippen LogP contribution in [0.3, 0.4) is 0 Å². The molecule has 1 aliphatic carbocycles. The number of carbonyl (C=O) groups excluding carboxylic acids is 5. The minimum Gasteiger partial charge on any atom is -0.488 e. The number of amides is 5. The summed E-state index contributed by atoms with van der Waals surface area (Å²) < 4.78 is 16.7. The van der Waals surface area contributed by atoms with Crippen LogP contribution in [0, 0.1) is 5.92 Å². The van der Waals surface area contributed by atoms with Crippen LogP contribution in [-0.4, -0.2) is 124 Å². The van der Waals surface area contributed by atoms with E-state index in [2.05, 4.69) is 38.4 Å². The molecule has 1 aromatic heterocycles. The van der Waals surface area contributed by atoms with Gasteiger partial charge in [0.2, 0.25) is 17.7 Å².